The molecule has 2 aromatic carbocycles. The molecule has 3 aromatic rings. The zero-order chi connectivity index (χ0) is 24.1. The van der Waals surface area contributed by atoms with Crippen molar-refractivity contribution in [3.8, 4) is 0 Å². The zero-order valence-electron chi connectivity index (χ0n) is 19.1. The first kappa shape index (κ1) is 23.8. The van der Waals surface area contributed by atoms with Crippen LogP contribution in [0.4, 0.5) is 4.79 Å². The maximum atomic E-state index is 13.3. The first-order valence-electron chi connectivity index (χ1n) is 11.4. The van der Waals surface area contributed by atoms with Gasteiger partial charge in [0.25, 0.3) is 5.56 Å². The minimum absolute atomic E-state index is 0.0643. The fraction of sp³-hybridized carbons (Fsp3) is 0.360. The molecule has 0 aliphatic carbocycles. The first-order valence-corrected chi connectivity index (χ1v) is 11.8. The number of fused-ring (bicyclic) bond motifs is 1. The molecule has 8 nitrogen and oxygen atoms in total. The summed E-state index contributed by atoms with van der Waals surface area (Å²) >= 11 is 6.18. The highest BCUT2D eigenvalue weighted by molar-refractivity contribution is 6.31. The van der Waals surface area contributed by atoms with Crippen LogP contribution in [-0.4, -0.2) is 64.1 Å². The monoisotopic (exact) mass is 482 g/mol. The van der Waals surface area contributed by atoms with Gasteiger partial charge in [-0.15, -0.1) is 0 Å². The van der Waals surface area contributed by atoms with Crippen molar-refractivity contribution in [3.05, 3.63) is 75.2 Å². The average Bonchev–Trinajstić information content (AvgIpc) is 2.85. The van der Waals surface area contributed by atoms with Crippen molar-refractivity contribution in [2.24, 2.45) is 0 Å². The average molecular weight is 483 g/mol. The van der Waals surface area contributed by atoms with Crippen LogP contribution in [0, 0.1) is 0 Å². The number of benzene rings is 2. The van der Waals surface area contributed by atoms with Gasteiger partial charge in [-0.2, -0.15) is 0 Å². The number of piperazine rings is 1. The summed E-state index contributed by atoms with van der Waals surface area (Å²) in [7, 11) is 0. The number of rotatable bonds is 6. The van der Waals surface area contributed by atoms with E-state index in [4.69, 9.17) is 16.3 Å². The van der Waals surface area contributed by atoms with Crippen molar-refractivity contribution in [3.63, 3.8) is 0 Å². The van der Waals surface area contributed by atoms with Gasteiger partial charge in [0.05, 0.1) is 24.2 Å². The van der Waals surface area contributed by atoms with Crippen LogP contribution in [-0.2, 0) is 22.5 Å². The lowest BCUT2D eigenvalue weighted by atomic mass is 10.1. The number of aromatic nitrogens is 2. The van der Waals surface area contributed by atoms with Gasteiger partial charge in [-0.05, 0) is 30.7 Å². The molecule has 9 heteroatoms. The van der Waals surface area contributed by atoms with Gasteiger partial charge in [0.2, 0.25) is 5.91 Å². The predicted molar refractivity (Wildman–Crippen MR) is 130 cm³/mol. The van der Waals surface area contributed by atoms with E-state index < -0.39 is 0 Å². The Bertz CT molecular complexity index is 1240. The molecule has 0 radical (unpaired) electrons. The third-order valence-corrected chi connectivity index (χ3v) is 6.13. The molecule has 0 atom stereocenters. The van der Waals surface area contributed by atoms with Crippen molar-refractivity contribution < 1.29 is 14.3 Å². The minimum Gasteiger partial charge on any atom is -0.450 e. The number of amides is 2. The molecule has 1 aliphatic rings. The third kappa shape index (κ3) is 5.39. The van der Waals surface area contributed by atoms with Crippen molar-refractivity contribution in [2.45, 2.75) is 26.3 Å². The first-order chi connectivity index (χ1) is 16.5. The lowest BCUT2D eigenvalue weighted by molar-refractivity contribution is -0.132. The lowest BCUT2D eigenvalue weighted by Gasteiger charge is -2.34. The van der Waals surface area contributed by atoms with Crippen LogP contribution in [0.25, 0.3) is 11.0 Å². The van der Waals surface area contributed by atoms with Crippen molar-refractivity contribution >= 4 is 34.6 Å². The molecular weight excluding hydrogens is 456 g/mol. The standard InChI is InChI=1S/C25H27ClN4O4/c1-2-34-25(33)29-14-12-28(13-15-29)23(31)11-9-20-24(32)30(17-18-6-4-3-5-7-18)22-10-8-19(26)16-21(22)27-20/h3-8,10,16H,2,9,11-15,17H2,1H3. The Morgan fingerprint density at radius 3 is 2.44 bits per heavy atom. The van der Waals surface area contributed by atoms with E-state index in [1.165, 1.54) is 0 Å². The van der Waals surface area contributed by atoms with E-state index in [-0.39, 0.29) is 30.4 Å². The Balaban J connectivity index is 1.50. The normalized spacial score (nSPS) is 13.8. The predicted octanol–water partition coefficient (Wildman–Crippen LogP) is 3.33. The lowest BCUT2D eigenvalue weighted by Crippen LogP contribution is -2.50. The van der Waals surface area contributed by atoms with Crippen LogP contribution in [0.1, 0.15) is 24.6 Å². The van der Waals surface area contributed by atoms with Crippen molar-refractivity contribution in [1.29, 1.82) is 0 Å². The van der Waals surface area contributed by atoms with E-state index in [9.17, 15) is 14.4 Å². The second-order valence-corrected chi connectivity index (χ2v) is 8.57. The van der Waals surface area contributed by atoms with Crippen LogP contribution < -0.4 is 5.56 Å². The van der Waals surface area contributed by atoms with Crippen LogP contribution in [0.15, 0.2) is 53.3 Å². The summed E-state index contributed by atoms with van der Waals surface area (Å²) < 4.78 is 6.71. The van der Waals surface area contributed by atoms with E-state index in [0.29, 0.717) is 61.1 Å². The number of carbonyl (C=O) groups excluding carboxylic acids is 2. The number of nitrogens with zero attached hydrogens (tertiary/aromatic N) is 4. The van der Waals surface area contributed by atoms with Crippen LogP contribution in [0.5, 0.6) is 0 Å². The second-order valence-electron chi connectivity index (χ2n) is 8.14. The Labute approximate surface area is 202 Å². The fourth-order valence-corrected chi connectivity index (χ4v) is 4.26. The Kier molecular flexibility index (Phi) is 7.47. The minimum atomic E-state index is -0.354. The molecule has 0 N–H and O–H groups in total. The summed E-state index contributed by atoms with van der Waals surface area (Å²) in [6.45, 7) is 4.23. The molecule has 0 spiro atoms. The largest absolute Gasteiger partial charge is 0.450 e. The molecule has 0 bridgehead atoms. The van der Waals surface area contributed by atoms with Gasteiger partial charge in [-0.3, -0.25) is 9.59 Å². The summed E-state index contributed by atoms with van der Waals surface area (Å²) in [5, 5.41) is 0.534. The summed E-state index contributed by atoms with van der Waals surface area (Å²) in [4.78, 5) is 45.9. The van der Waals surface area contributed by atoms with E-state index in [2.05, 4.69) is 4.98 Å². The molecule has 1 aromatic heterocycles. The molecule has 178 valence electrons. The SMILES string of the molecule is CCOC(=O)N1CCN(C(=O)CCc2nc3cc(Cl)ccc3n(Cc3ccccc3)c2=O)CC1. The molecule has 0 saturated carbocycles. The highest BCUT2D eigenvalue weighted by Gasteiger charge is 2.25. The van der Waals surface area contributed by atoms with Gasteiger partial charge >= 0.3 is 6.09 Å². The smallest absolute Gasteiger partial charge is 0.409 e. The number of carbonyl (C=O) groups is 2. The summed E-state index contributed by atoms with van der Waals surface area (Å²) in [5.74, 6) is -0.0643. The molecule has 2 heterocycles. The van der Waals surface area contributed by atoms with E-state index in [1.54, 1.807) is 39.5 Å². The van der Waals surface area contributed by atoms with Crippen LogP contribution in [0.2, 0.25) is 5.02 Å². The molecular formula is C25H27ClN4O4. The molecule has 0 unspecified atom stereocenters. The number of halogens is 1. The van der Waals surface area contributed by atoms with Gasteiger partial charge in [0, 0.05) is 44.0 Å². The highest BCUT2D eigenvalue weighted by atomic mass is 35.5. The van der Waals surface area contributed by atoms with Gasteiger partial charge in [-0.25, -0.2) is 9.78 Å². The number of hydrogen-bond donors (Lipinski definition) is 0. The van der Waals surface area contributed by atoms with Gasteiger partial charge in [-0.1, -0.05) is 41.9 Å². The molecule has 1 fully saturated rings. The topological polar surface area (TPSA) is 84.7 Å². The van der Waals surface area contributed by atoms with E-state index >= 15 is 0 Å². The summed E-state index contributed by atoms with van der Waals surface area (Å²) in [5.41, 5.74) is 2.44. The van der Waals surface area contributed by atoms with Crippen molar-refractivity contribution in [2.75, 3.05) is 32.8 Å². The van der Waals surface area contributed by atoms with E-state index in [0.717, 1.165) is 5.56 Å². The molecule has 1 saturated heterocycles. The van der Waals surface area contributed by atoms with Gasteiger partial charge < -0.3 is 19.1 Å². The van der Waals surface area contributed by atoms with Crippen molar-refractivity contribution in [1.82, 2.24) is 19.4 Å². The van der Waals surface area contributed by atoms with Gasteiger partial charge in [0.1, 0.15) is 5.69 Å². The number of aryl methyl sites for hydroxylation is 1. The Morgan fingerprint density at radius 1 is 1.03 bits per heavy atom. The third-order valence-electron chi connectivity index (χ3n) is 5.89. The molecule has 4 rings (SSSR count). The Hall–Kier alpha value is -3.39. The zero-order valence-corrected chi connectivity index (χ0v) is 19.8. The van der Waals surface area contributed by atoms with E-state index in [1.807, 2.05) is 30.3 Å². The van der Waals surface area contributed by atoms with Crippen LogP contribution in [0.3, 0.4) is 0 Å². The number of hydrogen-bond acceptors (Lipinski definition) is 5. The maximum absolute atomic E-state index is 13.3. The fourth-order valence-electron chi connectivity index (χ4n) is 4.10. The summed E-state index contributed by atoms with van der Waals surface area (Å²) in [6.07, 6.45) is 0.0408. The molecule has 1 aliphatic heterocycles. The molecule has 2 amide bonds. The maximum Gasteiger partial charge on any atom is 0.409 e. The summed E-state index contributed by atoms with van der Waals surface area (Å²) in [6, 6.07) is 15.0. The highest BCUT2D eigenvalue weighted by Crippen LogP contribution is 2.18. The van der Waals surface area contributed by atoms with Gasteiger partial charge in [0.15, 0.2) is 0 Å². The van der Waals surface area contributed by atoms with Crippen LogP contribution >= 0.6 is 11.6 Å². The Morgan fingerprint density at radius 2 is 1.74 bits per heavy atom. The quantitative estimate of drug-likeness (QED) is 0.538. The molecule has 34 heavy (non-hydrogen) atoms. The second kappa shape index (κ2) is 10.7. The number of ether oxygens (including phenoxy) is 1.